The van der Waals surface area contributed by atoms with Gasteiger partial charge in [0.25, 0.3) is 0 Å². The van der Waals surface area contributed by atoms with Gasteiger partial charge in [-0.3, -0.25) is 9.59 Å². The van der Waals surface area contributed by atoms with Crippen LogP contribution in [0, 0.1) is 0 Å². The van der Waals surface area contributed by atoms with Crippen molar-refractivity contribution in [3.63, 3.8) is 0 Å². The third-order valence-corrected chi connectivity index (χ3v) is 5.77. The smallest absolute Gasteiger partial charge is 0.242 e. The summed E-state index contributed by atoms with van der Waals surface area (Å²) in [6, 6.07) is -0.392. The van der Waals surface area contributed by atoms with Crippen LogP contribution in [0.4, 0.5) is 0 Å². The molecule has 2 amide bonds. The molecular weight excluding hydrogens is 308 g/mol. The monoisotopic (exact) mass is 326 g/mol. The van der Waals surface area contributed by atoms with Gasteiger partial charge in [-0.2, -0.15) is 0 Å². The van der Waals surface area contributed by atoms with Crippen molar-refractivity contribution in [2.45, 2.75) is 48.4 Å². The van der Waals surface area contributed by atoms with E-state index < -0.39 is 6.04 Å². The molecule has 1 atom stereocenters. The summed E-state index contributed by atoms with van der Waals surface area (Å²) < 4.78 is 0.831. The van der Waals surface area contributed by atoms with Crippen molar-refractivity contribution in [3.8, 4) is 0 Å². The molecule has 2 N–H and O–H groups in total. The van der Waals surface area contributed by atoms with Gasteiger partial charge in [-0.15, -0.1) is 10.2 Å². The van der Waals surface area contributed by atoms with Crippen molar-refractivity contribution >= 4 is 34.9 Å². The molecule has 1 aliphatic heterocycles. The minimum atomic E-state index is -0.392. The third kappa shape index (κ3) is 4.16. The Morgan fingerprint density at radius 1 is 1.33 bits per heavy atom. The van der Waals surface area contributed by atoms with Gasteiger partial charge in [-0.25, -0.2) is 0 Å². The summed E-state index contributed by atoms with van der Waals surface area (Å²) in [5, 5.41) is 15.0. The molecule has 1 aromatic rings. The van der Waals surface area contributed by atoms with Crippen molar-refractivity contribution < 1.29 is 9.59 Å². The van der Waals surface area contributed by atoms with Gasteiger partial charge in [-0.1, -0.05) is 23.1 Å². The molecule has 0 spiro atoms. The highest BCUT2D eigenvalue weighted by atomic mass is 32.2. The van der Waals surface area contributed by atoms with E-state index in [-0.39, 0.29) is 17.6 Å². The van der Waals surface area contributed by atoms with E-state index in [0.29, 0.717) is 18.9 Å². The second-order valence-corrected chi connectivity index (χ2v) is 7.61. The van der Waals surface area contributed by atoms with Crippen molar-refractivity contribution in [2.24, 2.45) is 0 Å². The largest absolute Gasteiger partial charge is 0.354 e. The van der Waals surface area contributed by atoms with Crippen molar-refractivity contribution in [1.82, 2.24) is 20.8 Å². The van der Waals surface area contributed by atoms with Crippen LogP contribution in [0.2, 0.25) is 0 Å². The Bertz CT molecular complexity index is 530. The third-order valence-electron chi connectivity index (χ3n) is 3.55. The molecule has 2 aliphatic rings. The zero-order valence-electron chi connectivity index (χ0n) is 11.6. The molecule has 114 valence electrons. The topological polar surface area (TPSA) is 84.0 Å². The van der Waals surface area contributed by atoms with Gasteiger partial charge in [0.15, 0.2) is 4.34 Å². The van der Waals surface area contributed by atoms with E-state index in [4.69, 9.17) is 0 Å². The Hall–Kier alpha value is -1.15. The number of thioether (sulfide) groups is 1. The minimum absolute atomic E-state index is 0.0715. The molecule has 0 radical (unpaired) electrons. The molecule has 1 saturated carbocycles. The second kappa shape index (κ2) is 6.74. The lowest BCUT2D eigenvalue weighted by Gasteiger charge is -2.14. The van der Waals surface area contributed by atoms with Gasteiger partial charge in [0, 0.05) is 12.5 Å². The van der Waals surface area contributed by atoms with E-state index in [1.54, 1.807) is 11.3 Å². The van der Waals surface area contributed by atoms with Crippen LogP contribution in [0.5, 0.6) is 0 Å². The van der Waals surface area contributed by atoms with Gasteiger partial charge in [0.05, 0.1) is 5.75 Å². The lowest BCUT2D eigenvalue weighted by Crippen LogP contribution is -2.46. The standard InChI is InChI=1S/C13H18N4O2S2/c18-10(15-9-3-1-2-6-14-11(9)19)7-20-13-17-16-12(21-13)8-4-5-8/h8-9H,1-7H2,(H,14,19)(H,15,18). The predicted molar refractivity (Wildman–Crippen MR) is 81.4 cm³/mol. The van der Waals surface area contributed by atoms with Gasteiger partial charge in [-0.05, 0) is 32.1 Å². The average molecular weight is 326 g/mol. The Balaban J connectivity index is 1.45. The number of aromatic nitrogens is 2. The Morgan fingerprint density at radius 2 is 2.19 bits per heavy atom. The summed E-state index contributed by atoms with van der Waals surface area (Å²) in [6.45, 7) is 0.703. The van der Waals surface area contributed by atoms with Crippen LogP contribution in [0.15, 0.2) is 4.34 Å². The molecule has 2 heterocycles. The van der Waals surface area contributed by atoms with Gasteiger partial charge >= 0.3 is 0 Å². The SMILES string of the molecule is O=C(CSc1nnc(C2CC2)s1)NC1CCCCNC1=O. The van der Waals surface area contributed by atoms with E-state index >= 15 is 0 Å². The fraction of sp³-hybridized carbons (Fsp3) is 0.692. The predicted octanol–water partition coefficient (Wildman–Crippen LogP) is 1.29. The van der Waals surface area contributed by atoms with Gasteiger partial charge < -0.3 is 10.6 Å². The van der Waals surface area contributed by atoms with E-state index in [9.17, 15) is 9.59 Å². The maximum absolute atomic E-state index is 11.9. The Morgan fingerprint density at radius 3 is 3.00 bits per heavy atom. The molecule has 0 aromatic carbocycles. The normalized spacial score (nSPS) is 22.5. The van der Waals surface area contributed by atoms with E-state index in [1.807, 2.05) is 0 Å². The summed E-state index contributed by atoms with van der Waals surface area (Å²) in [7, 11) is 0. The van der Waals surface area contributed by atoms with Crippen molar-refractivity contribution in [2.75, 3.05) is 12.3 Å². The van der Waals surface area contributed by atoms with E-state index in [1.165, 1.54) is 24.6 Å². The van der Waals surface area contributed by atoms with Crippen LogP contribution in [0.3, 0.4) is 0 Å². The zero-order valence-corrected chi connectivity index (χ0v) is 13.3. The average Bonchev–Trinajstić information content (AvgIpc) is 3.25. The summed E-state index contributed by atoms with van der Waals surface area (Å²) in [4.78, 5) is 23.7. The lowest BCUT2D eigenvalue weighted by molar-refractivity contribution is -0.127. The first-order valence-electron chi connectivity index (χ1n) is 7.25. The number of nitrogens with one attached hydrogen (secondary N) is 2. The van der Waals surface area contributed by atoms with Gasteiger partial charge in [0.2, 0.25) is 11.8 Å². The van der Waals surface area contributed by atoms with Crippen LogP contribution in [-0.4, -0.2) is 40.4 Å². The first-order chi connectivity index (χ1) is 10.2. The summed E-state index contributed by atoms with van der Waals surface area (Å²) in [5.74, 6) is 0.687. The first-order valence-corrected chi connectivity index (χ1v) is 9.06. The van der Waals surface area contributed by atoms with Crippen molar-refractivity contribution in [3.05, 3.63) is 5.01 Å². The number of rotatable bonds is 5. The Kier molecular flexibility index (Phi) is 4.74. The molecule has 1 unspecified atom stereocenters. The van der Waals surface area contributed by atoms with E-state index in [0.717, 1.165) is 22.2 Å². The fourth-order valence-electron chi connectivity index (χ4n) is 2.21. The number of carbonyl (C=O) groups is 2. The number of hydrogen-bond donors (Lipinski definition) is 2. The number of amides is 2. The van der Waals surface area contributed by atoms with Crippen LogP contribution >= 0.6 is 23.1 Å². The lowest BCUT2D eigenvalue weighted by atomic mass is 10.1. The minimum Gasteiger partial charge on any atom is -0.354 e. The van der Waals surface area contributed by atoms with Crippen LogP contribution < -0.4 is 10.6 Å². The second-order valence-electron chi connectivity index (χ2n) is 5.38. The molecule has 21 heavy (non-hydrogen) atoms. The summed E-state index contributed by atoms with van der Waals surface area (Å²) in [5.41, 5.74) is 0. The maximum Gasteiger partial charge on any atom is 0.242 e. The fourth-order valence-corrected chi connectivity index (χ4v) is 4.06. The quantitative estimate of drug-likeness (QED) is 0.797. The maximum atomic E-state index is 11.9. The molecular formula is C13H18N4O2S2. The van der Waals surface area contributed by atoms with Crippen LogP contribution in [0.1, 0.15) is 43.0 Å². The highest BCUT2D eigenvalue weighted by molar-refractivity contribution is 8.01. The Labute approximate surface area is 131 Å². The summed E-state index contributed by atoms with van der Waals surface area (Å²) >= 11 is 2.97. The van der Waals surface area contributed by atoms with E-state index in [2.05, 4.69) is 20.8 Å². The van der Waals surface area contributed by atoms with Crippen LogP contribution in [0.25, 0.3) is 0 Å². The van der Waals surface area contributed by atoms with Crippen molar-refractivity contribution in [1.29, 1.82) is 0 Å². The zero-order chi connectivity index (χ0) is 14.7. The molecule has 8 heteroatoms. The first kappa shape index (κ1) is 14.8. The molecule has 2 fully saturated rings. The molecule has 1 aromatic heterocycles. The number of carbonyl (C=O) groups excluding carboxylic acids is 2. The number of nitrogens with zero attached hydrogens (tertiary/aromatic N) is 2. The van der Waals surface area contributed by atoms with Crippen LogP contribution in [-0.2, 0) is 9.59 Å². The molecule has 1 aliphatic carbocycles. The van der Waals surface area contributed by atoms with Gasteiger partial charge in [0.1, 0.15) is 11.0 Å². The summed E-state index contributed by atoms with van der Waals surface area (Å²) in [6.07, 6.45) is 5.06. The molecule has 0 bridgehead atoms. The molecule has 3 rings (SSSR count). The number of hydrogen-bond acceptors (Lipinski definition) is 6. The molecule has 1 saturated heterocycles. The highest BCUT2D eigenvalue weighted by Crippen LogP contribution is 2.42. The highest BCUT2D eigenvalue weighted by Gasteiger charge is 2.28. The molecule has 6 nitrogen and oxygen atoms in total.